The maximum atomic E-state index is 9.68. The minimum atomic E-state index is -0.213. The van der Waals surface area contributed by atoms with Crippen molar-refractivity contribution in [1.82, 2.24) is 5.32 Å². The van der Waals surface area contributed by atoms with Gasteiger partial charge in [-0.3, -0.25) is 0 Å². The largest absolute Gasteiger partial charge is 0.493 e. The Labute approximate surface area is 125 Å². The number of rotatable bonds is 7. The van der Waals surface area contributed by atoms with E-state index in [0.29, 0.717) is 18.0 Å². The Bertz CT molecular complexity index is 557. The standard InChI is InChI=1S/C17H21NO3/c1-20-16-10-6-9-14(17(16)21-2)15(12-19)18-11-13-7-4-3-5-8-13/h3-10,15,18-19H,11-12H2,1-2H3. The highest BCUT2D eigenvalue weighted by Crippen LogP contribution is 2.34. The summed E-state index contributed by atoms with van der Waals surface area (Å²) in [6.07, 6.45) is 0. The lowest BCUT2D eigenvalue weighted by molar-refractivity contribution is 0.239. The van der Waals surface area contributed by atoms with Gasteiger partial charge in [0, 0.05) is 12.1 Å². The quantitative estimate of drug-likeness (QED) is 0.821. The van der Waals surface area contributed by atoms with Crippen molar-refractivity contribution < 1.29 is 14.6 Å². The van der Waals surface area contributed by atoms with Crippen LogP contribution in [0.2, 0.25) is 0 Å². The normalized spacial score (nSPS) is 12.0. The summed E-state index contributed by atoms with van der Waals surface area (Å²) < 4.78 is 10.7. The second-order valence-electron chi connectivity index (χ2n) is 4.68. The summed E-state index contributed by atoms with van der Waals surface area (Å²) in [7, 11) is 3.21. The van der Waals surface area contributed by atoms with Crippen molar-refractivity contribution in [2.45, 2.75) is 12.6 Å². The molecule has 2 aromatic rings. The third-order valence-electron chi connectivity index (χ3n) is 3.39. The second kappa shape index (κ2) is 7.67. The first-order valence-corrected chi connectivity index (χ1v) is 6.89. The lowest BCUT2D eigenvalue weighted by Crippen LogP contribution is -2.24. The minimum absolute atomic E-state index is 0.0175. The molecule has 2 aromatic carbocycles. The molecule has 0 aliphatic rings. The summed E-state index contributed by atoms with van der Waals surface area (Å²) in [5.41, 5.74) is 2.05. The summed E-state index contributed by atoms with van der Waals surface area (Å²) in [4.78, 5) is 0. The van der Waals surface area contributed by atoms with Gasteiger partial charge in [-0.05, 0) is 11.6 Å². The van der Waals surface area contributed by atoms with E-state index in [0.717, 1.165) is 11.1 Å². The topological polar surface area (TPSA) is 50.7 Å². The molecule has 0 aliphatic carbocycles. The number of hydrogen-bond donors (Lipinski definition) is 2. The molecule has 0 bridgehead atoms. The Morgan fingerprint density at radius 2 is 1.76 bits per heavy atom. The average Bonchev–Trinajstić information content (AvgIpc) is 2.56. The van der Waals surface area contributed by atoms with Crippen LogP contribution in [0.25, 0.3) is 0 Å². The van der Waals surface area contributed by atoms with Crippen LogP contribution in [0.15, 0.2) is 48.5 Å². The fourth-order valence-electron chi connectivity index (χ4n) is 2.30. The fourth-order valence-corrected chi connectivity index (χ4v) is 2.30. The van der Waals surface area contributed by atoms with E-state index < -0.39 is 0 Å². The molecular weight excluding hydrogens is 266 g/mol. The van der Waals surface area contributed by atoms with Crippen LogP contribution in [0.1, 0.15) is 17.2 Å². The number of aliphatic hydroxyl groups is 1. The van der Waals surface area contributed by atoms with Crippen molar-refractivity contribution >= 4 is 0 Å². The van der Waals surface area contributed by atoms with E-state index in [2.05, 4.69) is 5.32 Å². The van der Waals surface area contributed by atoms with Gasteiger partial charge in [0.05, 0.1) is 26.9 Å². The zero-order chi connectivity index (χ0) is 15.1. The molecule has 0 aliphatic heterocycles. The van der Waals surface area contributed by atoms with Gasteiger partial charge in [0.1, 0.15) is 0 Å². The van der Waals surface area contributed by atoms with Gasteiger partial charge in [0.15, 0.2) is 11.5 Å². The zero-order valence-corrected chi connectivity index (χ0v) is 12.4. The zero-order valence-electron chi connectivity index (χ0n) is 12.4. The molecule has 0 heterocycles. The van der Waals surface area contributed by atoms with Gasteiger partial charge < -0.3 is 19.9 Å². The summed E-state index contributed by atoms with van der Waals surface area (Å²) in [6, 6.07) is 15.5. The number of benzene rings is 2. The molecule has 112 valence electrons. The molecule has 0 saturated carbocycles. The minimum Gasteiger partial charge on any atom is -0.493 e. The molecule has 21 heavy (non-hydrogen) atoms. The molecule has 0 aromatic heterocycles. The molecule has 2 rings (SSSR count). The van der Waals surface area contributed by atoms with Crippen LogP contribution in [0.4, 0.5) is 0 Å². The van der Waals surface area contributed by atoms with Gasteiger partial charge in [-0.2, -0.15) is 0 Å². The summed E-state index contributed by atoms with van der Waals surface area (Å²) in [5, 5.41) is 13.0. The van der Waals surface area contributed by atoms with Crippen LogP contribution in [0, 0.1) is 0 Å². The van der Waals surface area contributed by atoms with E-state index in [-0.39, 0.29) is 12.6 Å². The Morgan fingerprint density at radius 1 is 1.00 bits per heavy atom. The van der Waals surface area contributed by atoms with Gasteiger partial charge in [0.2, 0.25) is 0 Å². The van der Waals surface area contributed by atoms with Crippen LogP contribution in [-0.2, 0) is 6.54 Å². The van der Waals surface area contributed by atoms with Gasteiger partial charge in [-0.15, -0.1) is 0 Å². The lowest BCUT2D eigenvalue weighted by Gasteiger charge is -2.20. The maximum Gasteiger partial charge on any atom is 0.165 e. The van der Waals surface area contributed by atoms with Crippen molar-refractivity contribution in [2.24, 2.45) is 0 Å². The third kappa shape index (κ3) is 3.74. The van der Waals surface area contributed by atoms with Gasteiger partial charge in [0.25, 0.3) is 0 Å². The van der Waals surface area contributed by atoms with Crippen LogP contribution < -0.4 is 14.8 Å². The Hall–Kier alpha value is -2.04. The first-order valence-electron chi connectivity index (χ1n) is 6.89. The molecule has 0 saturated heterocycles. The number of methoxy groups -OCH3 is 2. The van der Waals surface area contributed by atoms with Gasteiger partial charge >= 0.3 is 0 Å². The predicted molar refractivity (Wildman–Crippen MR) is 82.7 cm³/mol. The monoisotopic (exact) mass is 287 g/mol. The number of para-hydroxylation sites is 1. The van der Waals surface area contributed by atoms with E-state index in [9.17, 15) is 5.11 Å². The van der Waals surface area contributed by atoms with E-state index in [1.807, 2.05) is 48.5 Å². The molecule has 0 spiro atoms. The first kappa shape index (κ1) is 15.4. The van der Waals surface area contributed by atoms with Gasteiger partial charge in [-0.1, -0.05) is 42.5 Å². The van der Waals surface area contributed by atoms with Crippen LogP contribution >= 0.6 is 0 Å². The first-order chi connectivity index (χ1) is 10.3. The lowest BCUT2D eigenvalue weighted by atomic mass is 10.0. The molecular formula is C17H21NO3. The van der Waals surface area contributed by atoms with Crippen LogP contribution in [0.3, 0.4) is 0 Å². The van der Waals surface area contributed by atoms with E-state index >= 15 is 0 Å². The van der Waals surface area contributed by atoms with E-state index in [1.54, 1.807) is 14.2 Å². The second-order valence-corrected chi connectivity index (χ2v) is 4.68. The van der Waals surface area contributed by atoms with Crippen molar-refractivity contribution in [1.29, 1.82) is 0 Å². The number of ether oxygens (including phenoxy) is 2. The Kier molecular flexibility index (Phi) is 5.60. The maximum absolute atomic E-state index is 9.68. The molecule has 0 fully saturated rings. The average molecular weight is 287 g/mol. The van der Waals surface area contributed by atoms with Crippen LogP contribution in [-0.4, -0.2) is 25.9 Å². The molecule has 4 nitrogen and oxygen atoms in total. The van der Waals surface area contributed by atoms with Crippen molar-refractivity contribution in [3.63, 3.8) is 0 Å². The predicted octanol–water partition coefficient (Wildman–Crippen LogP) is 2.53. The Balaban J connectivity index is 2.17. The highest BCUT2D eigenvalue weighted by atomic mass is 16.5. The number of hydrogen-bond acceptors (Lipinski definition) is 4. The van der Waals surface area contributed by atoms with Crippen molar-refractivity contribution in [3.8, 4) is 11.5 Å². The fraction of sp³-hybridized carbons (Fsp3) is 0.294. The molecule has 1 unspecified atom stereocenters. The summed E-state index contributed by atoms with van der Waals surface area (Å²) in [5.74, 6) is 1.31. The summed E-state index contributed by atoms with van der Waals surface area (Å²) in [6.45, 7) is 0.656. The highest BCUT2D eigenvalue weighted by molar-refractivity contribution is 5.48. The SMILES string of the molecule is COc1cccc(C(CO)NCc2ccccc2)c1OC. The number of aliphatic hydroxyl groups excluding tert-OH is 1. The molecule has 0 radical (unpaired) electrons. The molecule has 1 atom stereocenters. The Morgan fingerprint density at radius 3 is 2.38 bits per heavy atom. The van der Waals surface area contributed by atoms with Crippen molar-refractivity contribution in [3.05, 3.63) is 59.7 Å². The van der Waals surface area contributed by atoms with E-state index in [4.69, 9.17) is 9.47 Å². The third-order valence-corrected chi connectivity index (χ3v) is 3.39. The molecule has 0 amide bonds. The van der Waals surface area contributed by atoms with Gasteiger partial charge in [-0.25, -0.2) is 0 Å². The molecule has 4 heteroatoms. The molecule has 2 N–H and O–H groups in total. The van der Waals surface area contributed by atoms with E-state index in [1.165, 1.54) is 0 Å². The smallest absolute Gasteiger partial charge is 0.165 e. The van der Waals surface area contributed by atoms with Crippen LogP contribution in [0.5, 0.6) is 11.5 Å². The highest BCUT2D eigenvalue weighted by Gasteiger charge is 2.18. The summed E-state index contributed by atoms with van der Waals surface area (Å²) >= 11 is 0. The van der Waals surface area contributed by atoms with Crippen molar-refractivity contribution in [2.75, 3.05) is 20.8 Å². The number of nitrogens with one attached hydrogen (secondary N) is 1.